The minimum absolute atomic E-state index is 0.000336. The molecule has 2 aromatic rings. The van der Waals surface area contributed by atoms with Crippen LogP contribution in [0.2, 0.25) is 0 Å². The maximum Gasteiger partial charge on any atom is 0.408 e. The van der Waals surface area contributed by atoms with Gasteiger partial charge in [0.15, 0.2) is 18.4 Å². The zero-order valence-corrected chi connectivity index (χ0v) is 23.9. The first-order valence-corrected chi connectivity index (χ1v) is 13.1. The van der Waals surface area contributed by atoms with Gasteiger partial charge in [-0.3, -0.25) is 9.59 Å². The van der Waals surface area contributed by atoms with Crippen LogP contribution in [0.4, 0.5) is 4.79 Å². The molecular weight excluding hydrogens is 550 g/mol. The number of rotatable bonds is 12. The van der Waals surface area contributed by atoms with Crippen LogP contribution >= 0.6 is 0 Å². The van der Waals surface area contributed by atoms with Crippen molar-refractivity contribution in [2.75, 3.05) is 20.8 Å². The topological polar surface area (TPSA) is 145 Å². The lowest BCUT2D eigenvalue weighted by molar-refractivity contribution is -0.241. The van der Waals surface area contributed by atoms with Crippen LogP contribution in [0.5, 0.6) is 5.75 Å². The predicted molar refractivity (Wildman–Crippen MR) is 147 cm³/mol. The van der Waals surface area contributed by atoms with Gasteiger partial charge in [0.2, 0.25) is 0 Å². The highest BCUT2D eigenvalue weighted by molar-refractivity contribution is 5.82. The minimum atomic E-state index is -1.32. The minimum Gasteiger partial charge on any atom is -0.497 e. The molecule has 4 atom stereocenters. The van der Waals surface area contributed by atoms with Gasteiger partial charge in [-0.15, -0.1) is 0 Å². The van der Waals surface area contributed by atoms with Crippen molar-refractivity contribution in [2.45, 2.75) is 58.0 Å². The van der Waals surface area contributed by atoms with E-state index in [-0.39, 0.29) is 26.2 Å². The normalized spacial score (nSPS) is 19.7. The molecule has 0 saturated carbocycles. The predicted octanol–water partition coefficient (Wildman–Crippen LogP) is 3.22. The maximum atomic E-state index is 12.8. The molecule has 1 amide bonds. The Bertz CT molecular complexity index is 1230. The Balaban J connectivity index is 1.85. The van der Waals surface area contributed by atoms with Crippen molar-refractivity contribution in [3.63, 3.8) is 0 Å². The van der Waals surface area contributed by atoms with Crippen LogP contribution in [0.3, 0.4) is 0 Å². The standard InChI is InChI=1S/C30H35NO11/c1-19(32)38-15-14-23-16-25(26(28(34)37-4)31-30(35)40-18-21-8-6-5-7-9-21)42-29(27(23)41-20(2)33)39-17-22-10-12-24(36-3)13-11-22/h5-14,25-27,29H,15-18H2,1-4H3,(H,31,35)/b23-14+/t25-,26-,27+,29+/m0/s1. The highest BCUT2D eigenvalue weighted by Crippen LogP contribution is 2.31. The molecule has 12 nitrogen and oxygen atoms in total. The van der Waals surface area contributed by atoms with Crippen LogP contribution in [0, 0.1) is 0 Å². The maximum absolute atomic E-state index is 12.8. The van der Waals surface area contributed by atoms with Gasteiger partial charge < -0.3 is 38.5 Å². The lowest BCUT2D eigenvalue weighted by Crippen LogP contribution is -2.56. The van der Waals surface area contributed by atoms with E-state index in [1.807, 2.05) is 6.07 Å². The fourth-order valence-electron chi connectivity index (χ4n) is 4.14. The summed E-state index contributed by atoms with van der Waals surface area (Å²) in [5.41, 5.74) is 1.97. The van der Waals surface area contributed by atoms with Crippen molar-refractivity contribution < 1.29 is 52.3 Å². The van der Waals surface area contributed by atoms with E-state index in [2.05, 4.69) is 5.32 Å². The highest BCUT2D eigenvalue weighted by Gasteiger charge is 2.44. The van der Waals surface area contributed by atoms with E-state index >= 15 is 0 Å². The summed E-state index contributed by atoms with van der Waals surface area (Å²) in [4.78, 5) is 48.9. The van der Waals surface area contributed by atoms with Gasteiger partial charge in [-0.25, -0.2) is 9.59 Å². The molecule has 0 aromatic heterocycles. The van der Waals surface area contributed by atoms with E-state index in [0.29, 0.717) is 11.3 Å². The van der Waals surface area contributed by atoms with Crippen LogP contribution in [0.15, 0.2) is 66.2 Å². The monoisotopic (exact) mass is 585 g/mol. The Kier molecular flexibility index (Phi) is 12.3. The van der Waals surface area contributed by atoms with Gasteiger partial charge in [-0.2, -0.15) is 0 Å². The van der Waals surface area contributed by atoms with Gasteiger partial charge in [0.05, 0.1) is 26.9 Å². The van der Waals surface area contributed by atoms with E-state index in [1.165, 1.54) is 21.0 Å². The van der Waals surface area contributed by atoms with Crippen molar-refractivity contribution in [3.05, 3.63) is 77.4 Å². The number of esters is 3. The number of ether oxygens (including phenoxy) is 7. The van der Waals surface area contributed by atoms with E-state index < -0.39 is 48.5 Å². The summed E-state index contributed by atoms with van der Waals surface area (Å²) in [6.45, 7) is 2.38. The number of methoxy groups -OCH3 is 2. The van der Waals surface area contributed by atoms with Gasteiger partial charge in [0.25, 0.3) is 0 Å². The summed E-state index contributed by atoms with van der Waals surface area (Å²) < 4.78 is 38.2. The zero-order chi connectivity index (χ0) is 30.5. The van der Waals surface area contributed by atoms with E-state index in [4.69, 9.17) is 33.2 Å². The lowest BCUT2D eigenvalue weighted by atomic mass is 9.94. The molecule has 42 heavy (non-hydrogen) atoms. The molecule has 0 radical (unpaired) electrons. The van der Waals surface area contributed by atoms with Crippen LogP contribution in [0.1, 0.15) is 31.4 Å². The number of hydrogen-bond acceptors (Lipinski definition) is 11. The third-order valence-electron chi connectivity index (χ3n) is 6.17. The summed E-state index contributed by atoms with van der Waals surface area (Å²) in [6, 6.07) is 14.8. The Labute approximate surface area is 243 Å². The summed E-state index contributed by atoms with van der Waals surface area (Å²) >= 11 is 0. The number of amides is 1. The number of hydrogen-bond donors (Lipinski definition) is 1. The fraction of sp³-hybridized carbons (Fsp3) is 0.400. The first kappa shape index (κ1) is 32.1. The van der Waals surface area contributed by atoms with Gasteiger partial charge in [-0.1, -0.05) is 42.5 Å². The molecule has 0 spiro atoms. The molecule has 1 N–H and O–H groups in total. The highest BCUT2D eigenvalue weighted by atomic mass is 16.7. The largest absolute Gasteiger partial charge is 0.497 e. The lowest BCUT2D eigenvalue weighted by Gasteiger charge is -2.39. The molecule has 2 aromatic carbocycles. The van der Waals surface area contributed by atoms with Crippen molar-refractivity contribution >= 4 is 24.0 Å². The van der Waals surface area contributed by atoms with E-state index in [9.17, 15) is 19.2 Å². The van der Waals surface area contributed by atoms with E-state index in [0.717, 1.165) is 11.1 Å². The van der Waals surface area contributed by atoms with Crippen molar-refractivity contribution in [3.8, 4) is 5.75 Å². The molecule has 0 aliphatic carbocycles. The summed E-state index contributed by atoms with van der Waals surface area (Å²) in [7, 11) is 2.73. The Morgan fingerprint density at radius 2 is 1.62 bits per heavy atom. The quantitative estimate of drug-likeness (QED) is 0.223. The summed E-state index contributed by atoms with van der Waals surface area (Å²) in [5, 5.41) is 2.51. The fourth-order valence-corrected chi connectivity index (χ4v) is 4.14. The Hall–Kier alpha value is -4.42. The first-order valence-electron chi connectivity index (χ1n) is 13.1. The SMILES string of the molecule is COC(=O)[C@@H](NC(=O)OCc1ccccc1)[C@@H]1C/C(=C\COC(C)=O)[C@@H](OC(C)=O)[C@H](OCc2ccc(OC)cc2)O1. The molecule has 12 heteroatoms. The zero-order valence-electron chi connectivity index (χ0n) is 23.9. The summed E-state index contributed by atoms with van der Waals surface area (Å²) in [6.07, 6.45) is -2.58. The van der Waals surface area contributed by atoms with Crippen LogP contribution in [0.25, 0.3) is 0 Å². The molecular formula is C30H35NO11. The van der Waals surface area contributed by atoms with Gasteiger partial charge >= 0.3 is 24.0 Å². The molecule has 1 fully saturated rings. The van der Waals surface area contributed by atoms with Crippen LogP contribution in [-0.2, 0) is 56.0 Å². The number of benzene rings is 2. The number of carbonyl (C=O) groups is 4. The van der Waals surface area contributed by atoms with Gasteiger partial charge in [0, 0.05) is 20.3 Å². The van der Waals surface area contributed by atoms with Crippen molar-refractivity contribution in [1.29, 1.82) is 0 Å². The molecule has 1 heterocycles. The summed E-state index contributed by atoms with van der Waals surface area (Å²) in [5.74, 6) is -1.25. The number of nitrogens with one attached hydrogen (secondary N) is 1. The molecule has 3 rings (SSSR count). The first-order chi connectivity index (χ1) is 20.2. The average molecular weight is 586 g/mol. The van der Waals surface area contributed by atoms with Crippen LogP contribution in [-0.4, -0.2) is 69.4 Å². The van der Waals surface area contributed by atoms with Crippen LogP contribution < -0.4 is 10.1 Å². The van der Waals surface area contributed by atoms with Crippen molar-refractivity contribution in [2.24, 2.45) is 0 Å². The average Bonchev–Trinajstić information content (AvgIpc) is 2.98. The number of carbonyl (C=O) groups excluding carboxylic acids is 4. The third kappa shape index (κ3) is 9.89. The number of alkyl carbamates (subject to hydrolysis) is 1. The molecule has 1 aliphatic rings. The van der Waals surface area contributed by atoms with Gasteiger partial charge in [-0.05, 0) is 34.9 Å². The second-order valence-electron chi connectivity index (χ2n) is 9.22. The molecule has 1 aliphatic heterocycles. The Morgan fingerprint density at radius 3 is 2.24 bits per heavy atom. The van der Waals surface area contributed by atoms with E-state index in [1.54, 1.807) is 61.7 Å². The smallest absolute Gasteiger partial charge is 0.408 e. The second-order valence-corrected chi connectivity index (χ2v) is 9.22. The molecule has 226 valence electrons. The molecule has 0 bridgehead atoms. The second kappa shape index (κ2) is 16.1. The Morgan fingerprint density at radius 1 is 0.929 bits per heavy atom. The van der Waals surface area contributed by atoms with Gasteiger partial charge in [0.1, 0.15) is 19.0 Å². The molecule has 1 saturated heterocycles. The van der Waals surface area contributed by atoms with Crippen molar-refractivity contribution in [1.82, 2.24) is 5.32 Å². The third-order valence-corrected chi connectivity index (χ3v) is 6.17. The molecule has 0 unspecified atom stereocenters.